The average Bonchev–Trinajstić information content (AvgIpc) is 3.21. The van der Waals surface area contributed by atoms with Gasteiger partial charge in [-0.1, -0.05) is 30.3 Å². The Bertz CT molecular complexity index is 1070. The molecule has 116 valence electrons. The molecule has 0 spiro atoms. The lowest BCUT2D eigenvalue weighted by molar-refractivity contribution is 0.797. The molecule has 4 aromatic rings. The van der Waals surface area contributed by atoms with Crippen LogP contribution in [-0.4, -0.2) is 14.5 Å². The third-order valence-corrected chi connectivity index (χ3v) is 4.22. The fourth-order valence-electron chi connectivity index (χ4n) is 3.04. The molecule has 0 radical (unpaired) electrons. The molecule has 2 aromatic carbocycles. The maximum Gasteiger partial charge on any atom is 0.149 e. The molecule has 0 atom stereocenters. The van der Waals surface area contributed by atoms with Gasteiger partial charge in [-0.3, -0.25) is 0 Å². The van der Waals surface area contributed by atoms with Gasteiger partial charge in [-0.15, -0.1) is 0 Å². The number of allylic oxidation sites excluding steroid dienone is 1. The van der Waals surface area contributed by atoms with E-state index < -0.39 is 0 Å². The molecule has 4 rings (SSSR count). The molecular weight excluding hydrogens is 296 g/mol. The zero-order valence-electron chi connectivity index (χ0n) is 13.3. The number of H-pyrrole nitrogens is 1. The van der Waals surface area contributed by atoms with Crippen molar-refractivity contribution in [1.29, 1.82) is 5.26 Å². The van der Waals surface area contributed by atoms with Crippen LogP contribution in [0.1, 0.15) is 18.3 Å². The number of imidazole rings is 1. The van der Waals surface area contributed by atoms with Crippen molar-refractivity contribution < 1.29 is 0 Å². The Morgan fingerprint density at radius 3 is 2.79 bits per heavy atom. The number of aromatic nitrogens is 3. The maximum atomic E-state index is 9.62. The molecule has 0 aliphatic heterocycles. The van der Waals surface area contributed by atoms with E-state index in [4.69, 9.17) is 0 Å². The Kier molecular flexibility index (Phi) is 3.40. The van der Waals surface area contributed by atoms with Crippen LogP contribution in [0.15, 0.2) is 54.7 Å². The summed E-state index contributed by atoms with van der Waals surface area (Å²) >= 11 is 0. The molecule has 1 N–H and O–H groups in total. The van der Waals surface area contributed by atoms with Gasteiger partial charge in [-0.25, -0.2) is 4.98 Å². The minimum atomic E-state index is 0.533. The molecule has 2 heterocycles. The second kappa shape index (κ2) is 5.71. The standard InChI is InChI=1S/C20H16N4/c1-2-24-13-15(16-7-3-6-10-19(16)24)11-14(12-21)20-22-17-8-4-5-9-18(17)23-20/h3-11,13H,2H2,1H3,(H,22,23)/b14-11-. The van der Waals surface area contributed by atoms with Crippen molar-refractivity contribution in [2.45, 2.75) is 13.5 Å². The molecule has 0 unspecified atom stereocenters. The highest BCUT2D eigenvalue weighted by Crippen LogP contribution is 2.26. The molecule has 4 heteroatoms. The number of para-hydroxylation sites is 3. The number of benzene rings is 2. The highest BCUT2D eigenvalue weighted by atomic mass is 14.9. The lowest BCUT2D eigenvalue weighted by Gasteiger charge is -1.97. The van der Waals surface area contributed by atoms with Crippen LogP contribution in [0.5, 0.6) is 0 Å². The number of rotatable bonds is 3. The van der Waals surface area contributed by atoms with E-state index in [0.717, 1.165) is 28.5 Å². The van der Waals surface area contributed by atoms with Crippen LogP contribution in [0.4, 0.5) is 0 Å². The number of nitrogens with one attached hydrogen (secondary N) is 1. The largest absolute Gasteiger partial charge is 0.347 e. The molecule has 4 nitrogen and oxygen atoms in total. The van der Waals surface area contributed by atoms with Crippen LogP contribution < -0.4 is 0 Å². The molecule has 0 saturated heterocycles. The Hall–Kier alpha value is -3.32. The fourth-order valence-corrected chi connectivity index (χ4v) is 3.04. The summed E-state index contributed by atoms with van der Waals surface area (Å²) in [4.78, 5) is 7.76. The first kappa shape index (κ1) is 14.3. The predicted molar refractivity (Wildman–Crippen MR) is 97.2 cm³/mol. The van der Waals surface area contributed by atoms with Crippen molar-refractivity contribution in [3.63, 3.8) is 0 Å². The number of fused-ring (bicyclic) bond motifs is 2. The molecule has 2 aromatic heterocycles. The SMILES string of the molecule is CCn1cc(/C=C(/C#N)c2nc3ccccc3[nH]2)c2ccccc21. The van der Waals surface area contributed by atoms with E-state index >= 15 is 0 Å². The summed E-state index contributed by atoms with van der Waals surface area (Å²) in [5, 5.41) is 10.8. The van der Waals surface area contributed by atoms with Gasteiger partial charge >= 0.3 is 0 Å². The molecular formula is C20H16N4. The maximum absolute atomic E-state index is 9.62. The summed E-state index contributed by atoms with van der Waals surface area (Å²) in [6.07, 6.45) is 4.00. The summed E-state index contributed by atoms with van der Waals surface area (Å²) < 4.78 is 2.19. The van der Waals surface area contributed by atoms with Crippen molar-refractivity contribution in [2.75, 3.05) is 0 Å². The first-order valence-electron chi connectivity index (χ1n) is 7.95. The van der Waals surface area contributed by atoms with Gasteiger partial charge in [-0.05, 0) is 31.2 Å². The zero-order chi connectivity index (χ0) is 16.5. The van der Waals surface area contributed by atoms with E-state index in [2.05, 4.69) is 45.9 Å². The van der Waals surface area contributed by atoms with Crippen LogP contribution in [0.25, 0.3) is 33.6 Å². The van der Waals surface area contributed by atoms with Crippen LogP contribution in [0.3, 0.4) is 0 Å². The number of hydrogen-bond donors (Lipinski definition) is 1. The quantitative estimate of drug-likeness (QED) is 0.562. The Morgan fingerprint density at radius 1 is 1.21 bits per heavy atom. The van der Waals surface area contributed by atoms with Gasteiger partial charge < -0.3 is 9.55 Å². The summed E-state index contributed by atoms with van der Waals surface area (Å²) in [5.74, 6) is 0.604. The Morgan fingerprint density at radius 2 is 2.00 bits per heavy atom. The van der Waals surface area contributed by atoms with E-state index in [0.29, 0.717) is 11.4 Å². The van der Waals surface area contributed by atoms with Crippen LogP contribution in [0, 0.1) is 11.3 Å². The lowest BCUT2D eigenvalue weighted by atomic mass is 10.1. The number of aromatic amines is 1. The van der Waals surface area contributed by atoms with E-state index in [1.165, 1.54) is 5.52 Å². The second-order valence-corrected chi connectivity index (χ2v) is 5.66. The van der Waals surface area contributed by atoms with Crippen molar-refractivity contribution in [2.24, 2.45) is 0 Å². The number of nitrogens with zero attached hydrogens (tertiary/aromatic N) is 3. The fraction of sp³-hybridized carbons (Fsp3) is 0.100. The highest BCUT2D eigenvalue weighted by Gasteiger charge is 2.10. The predicted octanol–water partition coefficient (Wildman–Crippen LogP) is 4.60. The molecule has 0 aliphatic carbocycles. The lowest BCUT2D eigenvalue weighted by Crippen LogP contribution is -1.89. The van der Waals surface area contributed by atoms with Crippen LogP contribution in [-0.2, 0) is 6.54 Å². The van der Waals surface area contributed by atoms with E-state index in [9.17, 15) is 5.26 Å². The first-order valence-corrected chi connectivity index (χ1v) is 7.95. The second-order valence-electron chi connectivity index (χ2n) is 5.66. The summed E-state index contributed by atoms with van der Waals surface area (Å²) in [6, 6.07) is 18.3. The van der Waals surface area contributed by atoms with Crippen molar-refractivity contribution in [1.82, 2.24) is 14.5 Å². The zero-order valence-corrected chi connectivity index (χ0v) is 13.3. The van der Waals surface area contributed by atoms with E-state index in [1.54, 1.807) is 0 Å². The highest BCUT2D eigenvalue weighted by molar-refractivity contribution is 5.98. The third kappa shape index (κ3) is 2.27. The van der Waals surface area contributed by atoms with Gasteiger partial charge in [-0.2, -0.15) is 5.26 Å². The topological polar surface area (TPSA) is 57.4 Å². The molecule has 0 saturated carbocycles. The van der Waals surface area contributed by atoms with Gasteiger partial charge in [0.1, 0.15) is 11.9 Å². The molecule has 24 heavy (non-hydrogen) atoms. The molecule has 0 aliphatic rings. The molecule has 0 fully saturated rings. The summed E-state index contributed by atoms with van der Waals surface area (Å²) in [5.41, 5.74) is 4.54. The average molecular weight is 312 g/mol. The Balaban J connectivity index is 1.88. The van der Waals surface area contributed by atoms with E-state index in [1.807, 2.05) is 42.5 Å². The smallest absolute Gasteiger partial charge is 0.149 e. The minimum Gasteiger partial charge on any atom is -0.347 e. The van der Waals surface area contributed by atoms with Crippen molar-refractivity contribution in [3.8, 4) is 6.07 Å². The first-order chi connectivity index (χ1) is 11.8. The van der Waals surface area contributed by atoms with Crippen LogP contribution >= 0.6 is 0 Å². The summed E-state index contributed by atoms with van der Waals surface area (Å²) in [7, 11) is 0. The number of aryl methyl sites for hydroxylation is 1. The molecule has 0 bridgehead atoms. The van der Waals surface area contributed by atoms with Gasteiger partial charge in [0.25, 0.3) is 0 Å². The number of nitriles is 1. The Labute approximate surface area is 139 Å². The normalized spacial score (nSPS) is 11.9. The van der Waals surface area contributed by atoms with E-state index in [-0.39, 0.29) is 0 Å². The number of hydrogen-bond acceptors (Lipinski definition) is 2. The van der Waals surface area contributed by atoms with Crippen molar-refractivity contribution in [3.05, 3.63) is 66.1 Å². The van der Waals surface area contributed by atoms with Gasteiger partial charge in [0.2, 0.25) is 0 Å². The monoisotopic (exact) mass is 312 g/mol. The van der Waals surface area contributed by atoms with Crippen molar-refractivity contribution >= 4 is 33.6 Å². The minimum absolute atomic E-state index is 0.533. The van der Waals surface area contributed by atoms with Gasteiger partial charge in [0.15, 0.2) is 0 Å². The van der Waals surface area contributed by atoms with Crippen LogP contribution in [0.2, 0.25) is 0 Å². The third-order valence-electron chi connectivity index (χ3n) is 4.22. The van der Waals surface area contributed by atoms with Gasteiger partial charge in [0.05, 0.1) is 16.6 Å². The molecule has 0 amide bonds. The summed E-state index contributed by atoms with van der Waals surface area (Å²) in [6.45, 7) is 3.01. The van der Waals surface area contributed by atoms with Gasteiger partial charge in [0, 0.05) is 29.2 Å².